The first-order valence-corrected chi connectivity index (χ1v) is 22.0. The number of allylic oxidation sites excluding steroid dienone is 4. The number of amidine groups is 1. The van der Waals surface area contributed by atoms with Crippen molar-refractivity contribution in [3.8, 4) is 0 Å². The highest BCUT2D eigenvalue weighted by Crippen LogP contribution is 2.37. The Hall–Kier alpha value is -4.58. The maximum Gasteiger partial charge on any atom is 0.323 e. The Morgan fingerprint density at radius 2 is 1.16 bits per heavy atom. The molecule has 0 spiro atoms. The molecule has 1 aliphatic carbocycles. The van der Waals surface area contributed by atoms with Crippen molar-refractivity contribution in [2.75, 3.05) is 18.0 Å². The molecule has 6 heteroatoms. The second-order valence-electron chi connectivity index (χ2n) is 15.6. The number of unbranched alkanes of at least 4 members (excludes halogenated alkanes) is 18. The van der Waals surface area contributed by atoms with Gasteiger partial charge in [-0.2, -0.15) is 0 Å². The lowest BCUT2D eigenvalue weighted by Crippen LogP contribution is -2.31. The molecule has 2 heterocycles. The maximum absolute atomic E-state index is 13.5. The predicted octanol–water partition coefficient (Wildman–Crippen LogP) is 12.4. The van der Waals surface area contributed by atoms with Crippen molar-refractivity contribution in [3.05, 3.63) is 114 Å². The van der Waals surface area contributed by atoms with Crippen LogP contribution >= 0.6 is 0 Å². The summed E-state index contributed by atoms with van der Waals surface area (Å²) in [7, 11) is 0. The highest BCUT2D eigenvalue weighted by Gasteiger charge is 2.32. The number of pyridine rings is 1. The second-order valence-corrected chi connectivity index (χ2v) is 15.6. The molecule has 6 nitrogen and oxygen atoms in total. The first-order valence-electron chi connectivity index (χ1n) is 22.0. The SMILES string of the molecule is CCCCCCCCCCCCN(c1ccccc1)c1ccc(C2=C([O-])/C(=C3/C=CC(=[N+](CCCCCCCCCCCC)c4ccccc4)N=C3)C2=O)cn1. The lowest BCUT2D eigenvalue weighted by molar-refractivity contribution is -0.441. The number of hydrogen-bond acceptors (Lipinski definition) is 4. The molecule has 0 bridgehead atoms. The molecule has 0 atom stereocenters. The Kier molecular flexibility index (Phi) is 18.3. The van der Waals surface area contributed by atoms with Crippen LogP contribution in [-0.4, -0.2) is 40.5 Å². The fourth-order valence-corrected chi connectivity index (χ4v) is 7.79. The molecular weight excluding hydrogens is 689 g/mol. The summed E-state index contributed by atoms with van der Waals surface area (Å²) in [6.45, 7) is 6.26. The number of Topliss-reactive ketones (excluding diaryl/α,β-unsaturated/α-hetero) is 1. The number of aromatic nitrogens is 1. The van der Waals surface area contributed by atoms with Gasteiger partial charge in [-0.15, -0.1) is 0 Å². The van der Waals surface area contributed by atoms with Crippen LogP contribution in [0.25, 0.3) is 5.57 Å². The quantitative estimate of drug-likeness (QED) is 0.0465. The van der Waals surface area contributed by atoms with Gasteiger partial charge in [0.25, 0.3) is 0 Å². The van der Waals surface area contributed by atoms with Gasteiger partial charge in [-0.1, -0.05) is 165 Å². The minimum Gasteiger partial charge on any atom is -0.871 e. The molecule has 3 aromatic rings. The summed E-state index contributed by atoms with van der Waals surface area (Å²) >= 11 is 0. The van der Waals surface area contributed by atoms with E-state index in [0.29, 0.717) is 11.1 Å². The van der Waals surface area contributed by atoms with Gasteiger partial charge < -0.3 is 10.0 Å². The van der Waals surface area contributed by atoms with Gasteiger partial charge in [0.1, 0.15) is 17.7 Å². The molecule has 0 radical (unpaired) electrons. The fourth-order valence-electron chi connectivity index (χ4n) is 7.79. The van der Waals surface area contributed by atoms with Crippen LogP contribution in [0, 0.1) is 0 Å². The monoisotopic (exact) mass is 755 g/mol. The Bertz CT molecular complexity index is 1770. The fraction of sp³-hybridized carbons (Fsp3) is 0.480. The number of anilines is 2. The van der Waals surface area contributed by atoms with Crippen LogP contribution in [0.1, 0.15) is 148 Å². The lowest BCUT2D eigenvalue weighted by Gasteiger charge is -2.32. The number of benzene rings is 2. The van der Waals surface area contributed by atoms with Gasteiger partial charge in [-0.25, -0.2) is 9.56 Å². The molecule has 0 saturated carbocycles. The van der Waals surface area contributed by atoms with E-state index in [4.69, 9.17) is 9.98 Å². The number of ketones is 1. The Balaban J connectivity index is 1.19. The third-order valence-electron chi connectivity index (χ3n) is 11.1. The van der Waals surface area contributed by atoms with Crippen molar-refractivity contribution >= 4 is 40.6 Å². The summed E-state index contributed by atoms with van der Waals surface area (Å²) in [5, 5.41) is 13.5. The van der Waals surface area contributed by atoms with E-state index in [9.17, 15) is 9.90 Å². The average molecular weight is 755 g/mol. The summed E-state index contributed by atoms with van der Waals surface area (Å²) in [4.78, 5) is 25.3. The first kappa shape index (κ1) is 42.6. The lowest BCUT2D eigenvalue weighted by atomic mass is 9.81. The summed E-state index contributed by atoms with van der Waals surface area (Å²) in [6.07, 6.45) is 33.0. The zero-order chi connectivity index (χ0) is 39.2. The minimum atomic E-state index is -0.241. The second kappa shape index (κ2) is 24.1. The van der Waals surface area contributed by atoms with Crippen molar-refractivity contribution in [1.29, 1.82) is 0 Å². The normalized spacial score (nSPS) is 16.1. The molecule has 1 aliphatic heterocycles. The maximum atomic E-state index is 13.5. The number of nitrogens with zero attached hydrogens (tertiary/aromatic N) is 4. The molecule has 5 rings (SSSR count). The van der Waals surface area contributed by atoms with Crippen LogP contribution in [0.3, 0.4) is 0 Å². The van der Waals surface area contributed by atoms with Crippen LogP contribution in [0.5, 0.6) is 0 Å². The molecule has 2 aliphatic rings. The van der Waals surface area contributed by atoms with Crippen molar-refractivity contribution in [2.24, 2.45) is 4.99 Å². The number of rotatable bonds is 26. The van der Waals surface area contributed by atoms with Gasteiger partial charge in [-0.05, 0) is 66.7 Å². The van der Waals surface area contributed by atoms with Gasteiger partial charge >= 0.3 is 5.84 Å². The molecule has 0 amide bonds. The summed E-state index contributed by atoms with van der Waals surface area (Å²) in [6, 6.07) is 24.5. The molecule has 56 heavy (non-hydrogen) atoms. The van der Waals surface area contributed by atoms with E-state index in [1.807, 2.05) is 60.7 Å². The summed E-state index contributed by atoms with van der Waals surface area (Å²) < 4.78 is 2.24. The molecule has 0 N–H and O–H groups in total. The van der Waals surface area contributed by atoms with Gasteiger partial charge in [0.2, 0.25) is 0 Å². The summed E-state index contributed by atoms with van der Waals surface area (Å²) in [5.41, 5.74) is 3.72. The molecule has 1 aromatic heterocycles. The van der Waals surface area contributed by atoms with E-state index < -0.39 is 0 Å². The molecule has 2 aromatic carbocycles. The topological polar surface area (TPSA) is 71.6 Å². The Morgan fingerprint density at radius 3 is 1.68 bits per heavy atom. The van der Waals surface area contributed by atoms with Gasteiger partial charge in [0.15, 0.2) is 5.78 Å². The highest BCUT2D eigenvalue weighted by atomic mass is 16.3. The van der Waals surface area contributed by atoms with E-state index in [0.717, 1.165) is 49.0 Å². The average Bonchev–Trinajstić information content (AvgIpc) is 3.23. The Labute approximate surface area is 337 Å². The van der Waals surface area contributed by atoms with Crippen LogP contribution in [0.2, 0.25) is 0 Å². The number of carbonyl (C=O) groups excluding carboxylic acids is 1. The highest BCUT2D eigenvalue weighted by molar-refractivity contribution is 6.40. The number of para-hydroxylation sites is 2. The third kappa shape index (κ3) is 12.7. The molecule has 0 fully saturated rings. The van der Waals surface area contributed by atoms with Crippen molar-refractivity contribution in [2.45, 2.75) is 142 Å². The van der Waals surface area contributed by atoms with Crippen molar-refractivity contribution in [1.82, 2.24) is 4.98 Å². The van der Waals surface area contributed by atoms with E-state index in [1.54, 1.807) is 12.4 Å². The molecule has 0 saturated heterocycles. The number of hydrogen-bond donors (Lipinski definition) is 0. The van der Waals surface area contributed by atoms with Crippen LogP contribution in [-0.2, 0) is 4.79 Å². The smallest absolute Gasteiger partial charge is 0.323 e. The van der Waals surface area contributed by atoms with E-state index in [-0.39, 0.29) is 22.7 Å². The number of aliphatic imine (C=N–C) groups is 1. The molecule has 298 valence electrons. The first-order chi connectivity index (χ1) is 27.6. The zero-order valence-electron chi connectivity index (χ0n) is 34.4. The number of carbonyl (C=O) groups is 1. The van der Waals surface area contributed by atoms with E-state index >= 15 is 0 Å². The van der Waals surface area contributed by atoms with Crippen LogP contribution in [0.15, 0.2) is 113 Å². The van der Waals surface area contributed by atoms with E-state index in [2.05, 4.69) is 47.6 Å². The third-order valence-corrected chi connectivity index (χ3v) is 11.1. The van der Waals surface area contributed by atoms with Crippen LogP contribution < -0.4 is 10.0 Å². The standard InChI is InChI=1S/C50H66N4O2/c1-3-5-7-9-11-13-15-17-19-27-37-53(43-29-23-21-24-30-43)45-35-33-41(39-51-45)47-49(55)48(50(47)56)42-34-36-46(52-40-42)54(44-31-25-22-26-32-44)38-28-20-18-16-14-12-10-8-6-4-2/h21-26,29-36,39-40H,3-20,27-28,37-38H2,1-2H3. The van der Waals surface area contributed by atoms with Gasteiger partial charge in [0, 0.05) is 46.8 Å². The number of dihydropyridines is 1. The Morgan fingerprint density at radius 1 is 0.607 bits per heavy atom. The minimum absolute atomic E-state index is 0.205. The predicted molar refractivity (Wildman–Crippen MR) is 234 cm³/mol. The van der Waals surface area contributed by atoms with Crippen molar-refractivity contribution < 1.29 is 14.5 Å². The molecule has 0 unspecified atom stereocenters. The largest absolute Gasteiger partial charge is 0.871 e. The summed E-state index contributed by atoms with van der Waals surface area (Å²) in [5.74, 6) is 1.16. The van der Waals surface area contributed by atoms with Gasteiger partial charge in [-0.3, -0.25) is 4.79 Å². The van der Waals surface area contributed by atoms with Crippen LogP contribution in [0.4, 0.5) is 17.2 Å². The zero-order valence-corrected chi connectivity index (χ0v) is 34.4. The van der Waals surface area contributed by atoms with Gasteiger partial charge in [0.05, 0.1) is 6.54 Å². The van der Waals surface area contributed by atoms with Crippen molar-refractivity contribution in [3.63, 3.8) is 0 Å². The van der Waals surface area contributed by atoms with E-state index in [1.165, 1.54) is 116 Å². The molecular formula is C50H66N4O2.